The van der Waals surface area contributed by atoms with Gasteiger partial charge in [0.05, 0.1) is 27.2 Å². The van der Waals surface area contributed by atoms with E-state index in [-0.39, 0.29) is 5.95 Å². The van der Waals surface area contributed by atoms with Crippen LogP contribution in [0.3, 0.4) is 0 Å². The third-order valence-corrected chi connectivity index (χ3v) is 4.16. The molecule has 126 valence electrons. The van der Waals surface area contributed by atoms with Gasteiger partial charge in [-0.1, -0.05) is 0 Å². The minimum absolute atomic E-state index is 0.206. The summed E-state index contributed by atoms with van der Waals surface area (Å²) in [6.45, 7) is 0.500. The molecule has 0 radical (unpaired) electrons. The Balaban J connectivity index is 1.60. The highest BCUT2D eigenvalue weighted by molar-refractivity contribution is 7.99. The molecular weight excluding hydrogens is 330 g/mol. The van der Waals surface area contributed by atoms with Gasteiger partial charge in [-0.25, -0.2) is 9.97 Å². The molecule has 3 N–H and O–H groups in total. The Hall–Kier alpha value is -2.68. The second-order valence-electron chi connectivity index (χ2n) is 4.70. The molecule has 1 aromatic carbocycles. The number of hydrogen-bond acceptors (Lipinski definition) is 8. The predicted molar refractivity (Wildman–Crippen MR) is 91.9 cm³/mol. The Morgan fingerprint density at radius 3 is 2.79 bits per heavy atom. The zero-order chi connectivity index (χ0) is 16.9. The normalized spacial score (nSPS) is 10.8. The van der Waals surface area contributed by atoms with E-state index in [1.807, 2.05) is 6.07 Å². The molecule has 3 rings (SSSR count). The fourth-order valence-corrected chi connectivity index (χ4v) is 2.94. The van der Waals surface area contributed by atoms with Crippen molar-refractivity contribution in [3.8, 4) is 17.2 Å². The summed E-state index contributed by atoms with van der Waals surface area (Å²) >= 11 is 1.52. The van der Waals surface area contributed by atoms with Crippen LogP contribution in [0.2, 0.25) is 0 Å². The minimum atomic E-state index is 0.206. The molecule has 0 spiro atoms. The lowest BCUT2D eigenvalue weighted by atomic mass is 10.3. The number of ether oxygens (including phenoxy) is 3. The van der Waals surface area contributed by atoms with Crippen molar-refractivity contribution in [3.63, 3.8) is 0 Å². The Morgan fingerprint density at radius 2 is 2.00 bits per heavy atom. The summed E-state index contributed by atoms with van der Waals surface area (Å²) in [6, 6.07) is 5.43. The van der Waals surface area contributed by atoms with Crippen LogP contribution in [0.5, 0.6) is 17.2 Å². The van der Waals surface area contributed by atoms with Gasteiger partial charge in [-0.15, -0.1) is 11.8 Å². The van der Waals surface area contributed by atoms with E-state index in [1.54, 1.807) is 32.7 Å². The van der Waals surface area contributed by atoms with Gasteiger partial charge >= 0.3 is 0 Å². The van der Waals surface area contributed by atoms with Crippen LogP contribution >= 0.6 is 11.8 Å². The number of anilines is 1. The maximum Gasteiger partial charge on any atom is 0.223 e. The van der Waals surface area contributed by atoms with Crippen molar-refractivity contribution >= 4 is 28.9 Å². The average molecular weight is 347 g/mol. The highest BCUT2D eigenvalue weighted by Crippen LogP contribution is 2.31. The van der Waals surface area contributed by atoms with Crippen LogP contribution in [0.1, 0.15) is 0 Å². The van der Waals surface area contributed by atoms with Crippen LogP contribution in [0.15, 0.2) is 29.6 Å². The van der Waals surface area contributed by atoms with Crippen molar-refractivity contribution in [1.82, 2.24) is 19.9 Å². The Morgan fingerprint density at radius 1 is 1.17 bits per heavy atom. The van der Waals surface area contributed by atoms with Gasteiger partial charge in [0.1, 0.15) is 16.3 Å². The lowest BCUT2D eigenvalue weighted by molar-refractivity contribution is 0.330. The van der Waals surface area contributed by atoms with Crippen molar-refractivity contribution in [2.45, 2.75) is 5.03 Å². The minimum Gasteiger partial charge on any atom is -0.493 e. The lowest BCUT2D eigenvalue weighted by Crippen LogP contribution is -2.02. The second-order valence-corrected chi connectivity index (χ2v) is 5.79. The van der Waals surface area contributed by atoms with Gasteiger partial charge in [0.15, 0.2) is 17.1 Å². The first-order valence-corrected chi connectivity index (χ1v) is 8.14. The van der Waals surface area contributed by atoms with Crippen LogP contribution < -0.4 is 19.9 Å². The van der Waals surface area contributed by atoms with Crippen LogP contribution in [-0.4, -0.2) is 46.5 Å². The zero-order valence-electron chi connectivity index (χ0n) is 13.3. The largest absolute Gasteiger partial charge is 0.493 e. The molecule has 0 aliphatic rings. The average Bonchev–Trinajstić information content (AvgIpc) is 3.06. The molecule has 0 saturated heterocycles. The third kappa shape index (κ3) is 3.46. The Kier molecular flexibility index (Phi) is 4.90. The van der Waals surface area contributed by atoms with Gasteiger partial charge < -0.3 is 24.9 Å². The fraction of sp³-hybridized carbons (Fsp3) is 0.267. The van der Waals surface area contributed by atoms with E-state index in [9.17, 15) is 0 Å². The number of methoxy groups -OCH3 is 2. The summed E-state index contributed by atoms with van der Waals surface area (Å²) in [7, 11) is 3.19. The molecule has 2 aromatic heterocycles. The number of aromatic nitrogens is 4. The Labute approximate surface area is 142 Å². The molecule has 0 saturated carbocycles. The number of H-pyrrole nitrogens is 1. The number of nitrogens with one attached hydrogen (secondary N) is 1. The number of fused-ring (bicyclic) bond motifs is 1. The third-order valence-electron chi connectivity index (χ3n) is 3.22. The number of thioether (sulfide) groups is 1. The summed E-state index contributed by atoms with van der Waals surface area (Å²) in [5, 5.41) is 0.755. The fourth-order valence-electron chi connectivity index (χ4n) is 2.13. The quantitative estimate of drug-likeness (QED) is 0.380. The van der Waals surface area contributed by atoms with Crippen LogP contribution in [0.4, 0.5) is 5.95 Å². The molecule has 0 bridgehead atoms. The van der Waals surface area contributed by atoms with Gasteiger partial charge in [0.2, 0.25) is 5.95 Å². The summed E-state index contributed by atoms with van der Waals surface area (Å²) in [6.07, 6.45) is 1.57. The molecule has 3 aromatic rings. The van der Waals surface area contributed by atoms with E-state index in [2.05, 4.69) is 19.9 Å². The molecule has 0 atom stereocenters. The topological polar surface area (TPSA) is 108 Å². The monoisotopic (exact) mass is 347 g/mol. The van der Waals surface area contributed by atoms with E-state index in [0.29, 0.717) is 35.3 Å². The molecule has 24 heavy (non-hydrogen) atoms. The second kappa shape index (κ2) is 7.26. The molecule has 0 amide bonds. The van der Waals surface area contributed by atoms with Crippen LogP contribution in [0.25, 0.3) is 11.2 Å². The molecule has 0 aliphatic carbocycles. The first kappa shape index (κ1) is 16.2. The maximum absolute atomic E-state index is 5.74. The molecule has 9 heteroatoms. The van der Waals surface area contributed by atoms with Crippen molar-refractivity contribution in [2.24, 2.45) is 0 Å². The lowest BCUT2D eigenvalue weighted by Gasteiger charge is -2.10. The molecule has 2 heterocycles. The number of benzene rings is 1. The molecular formula is C15H17N5O3S. The highest BCUT2D eigenvalue weighted by atomic mass is 32.2. The van der Waals surface area contributed by atoms with E-state index in [1.165, 1.54) is 11.8 Å². The van der Waals surface area contributed by atoms with E-state index in [0.717, 1.165) is 10.5 Å². The summed E-state index contributed by atoms with van der Waals surface area (Å²) in [5.74, 6) is 2.90. The van der Waals surface area contributed by atoms with Crippen LogP contribution in [0, 0.1) is 0 Å². The van der Waals surface area contributed by atoms with Crippen molar-refractivity contribution in [1.29, 1.82) is 0 Å². The molecule has 8 nitrogen and oxygen atoms in total. The van der Waals surface area contributed by atoms with Crippen molar-refractivity contribution < 1.29 is 14.2 Å². The number of aromatic amines is 1. The summed E-state index contributed by atoms with van der Waals surface area (Å²) in [5.41, 5.74) is 7.03. The smallest absolute Gasteiger partial charge is 0.223 e. The van der Waals surface area contributed by atoms with E-state index in [4.69, 9.17) is 19.9 Å². The number of imidazole rings is 1. The van der Waals surface area contributed by atoms with Crippen molar-refractivity contribution in [3.05, 3.63) is 24.5 Å². The number of nitrogens with zero attached hydrogens (tertiary/aromatic N) is 3. The SMILES string of the molecule is COc1ccc(OCCSc2nc(N)nc3nc[nH]c23)cc1OC. The first-order chi connectivity index (χ1) is 11.7. The molecule has 0 fully saturated rings. The number of rotatable bonds is 7. The first-order valence-electron chi connectivity index (χ1n) is 7.15. The highest BCUT2D eigenvalue weighted by Gasteiger charge is 2.09. The maximum atomic E-state index is 5.74. The number of nitrogen functional groups attached to an aromatic ring is 1. The van der Waals surface area contributed by atoms with Gasteiger partial charge in [-0.2, -0.15) is 4.98 Å². The standard InChI is InChI=1S/C15H17N5O3S/c1-21-10-4-3-9(7-11(10)22-2)23-5-6-24-14-12-13(18-8-17-12)19-15(16)20-14/h3-4,7-8H,5-6H2,1-2H3,(H3,16,17,18,19,20). The zero-order valence-corrected chi connectivity index (χ0v) is 14.1. The molecule has 0 unspecified atom stereocenters. The number of hydrogen-bond donors (Lipinski definition) is 2. The number of nitrogens with two attached hydrogens (primary N) is 1. The Bertz CT molecular complexity index is 839. The van der Waals surface area contributed by atoms with Gasteiger partial charge in [-0.3, -0.25) is 0 Å². The summed E-state index contributed by atoms with van der Waals surface area (Å²) < 4.78 is 16.2. The van der Waals surface area contributed by atoms with E-state index < -0.39 is 0 Å². The predicted octanol–water partition coefficient (Wildman–Crippen LogP) is 2.12. The van der Waals surface area contributed by atoms with Gasteiger partial charge in [0.25, 0.3) is 0 Å². The van der Waals surface area contributed by atoms with Gasteiger partial charge in [-0.05, 0) is 12.1 Å². The van der Waals surface area contributed by atoms with Crippen LogP contribution in [-0.2, 0) is 0 Å². The van der Waals surface area contributed by atoms with Gasteiger partial charge in [0, 0.05) is 11.8 Å². The molecule has 0 aliphatic heterocycles. The summed E-state index contributed by atoms with van der Waals surface area (Å²) in [4.78, 5) is 15.4. The van der Waals surface area contributed by atoms with E-state index >= 15 is 0 Å². The van der Waals surface area contributed by atoms with Crippen molar-refractivity contribution in [2.75, 3.05) is 32.3 Å².